The van der Waals surface area contributed by atoms with Crippen LogP contribution in [0.5, 0.6) is 5.75 Å². The summed E-state index contributed by atoms with van der Waals surface area (Å²) in [5, 5.41) is 4.87. The Morgan fingerprint density at radius 2 is 1.78 bits per heavy atom. The second-order valence-corrected chi connectivity index (χ2v) is 10.0. The summed E-state index contributed by atoms with van der Waals surface area (Å²) >= 11 is 0. The van der Waals surface area contributed by atoms with Crippen LogP contribution in [0.2, 0.25) is 0 Å². The summed E-state index contributed by atoms with van der Waals surface area (Å²) < 4.78 is 8.48. The van der Waals surface area contributed by atoms with Crippen LogP contribution in [-0.2, 0) is 13.0 Å². The minimum atomic E-state index is -0.161. The highest BCUT2D eigenvalue weighted by Gasteiger charge is 2.35. The van der Waals surface area contributed by atoms with E-state index in [1.165, 1.54) is 22.3 Å². The third-order valence-corrected chi connectivity index (χ3v) is 7.24. The summed E-state index contributed by atoms with van der Waals surface area (Å²) in [5.74, 6) is 1.07. The smallest absolute Gasteiger partial charge is 0.127 e. The normalized spacial score (nSPS) is 18.5. The van der Waals surface area contributed by atoms with Crippen molar-refractivity contribution in [3.63, 3.8) is 0 Å². The molecule has 0 atom stereocenters. The van der Waals surface area contributed by atoms with Crippen molar-refractivity contribution in [1.29, 1.82) is 0 Å². The zero-order chi connectivity index (χ0) is 22.5. The molecule has 1 fully saturated rings. The van der Waals surface area contributed by atoms with E-state index in [2.05, 4.69) is 73.8 Å². The number of hydrogen-bond acceptors (Lipinski definition) is 4. The molecule has 5 rings (SSSR count). The molecule has 2 aliphatic rings. The summed E-state index contributed by atoms with van der Waals surface area (Å²) in [6.07, 6.45) is 5.26. The van der Waals surface area contributed by atoms with Crippen LogP contribution in [0.4, 0.5) is 5.69 Å². The third-order valence-electron chi connectivity index (χ3n) is 7.24. The van der Waals surface area contributed by atoms with Gasteiger partial charge < -0.3 is 10.5 Å². The molecule has 0 aliphatic carbocycles. The van der Waals surface area contributed by atoms with E-state index in [0.717, 1.165) is 61.6 Å². The first kappa shape index (κ1) is 21.1. The van der Waals surface area contributed by atoms with E-state index < -0.39 is 0 Å². The Morgan fingerprint density at radius 1 is 1.06 bits per heavy atom. The van der Waals surface area contributed by atoms with Crippen molar-refractivity contribution in [2.45, 2.75) is 65.1 Å². The van der Waals surface area contributed by atoms with Gasteiger partial charge in [0.05, 0.1) is 11.7 Å². The fourth-order valence-electron chi connectivity index (χ4n) is 5.24. The summed E-state index contributed by atoms with van der Waals surface area (Å²) in [7, 11) is 0. The minimum Gasteiger partial charge on any atom is -0.487 e. The number of fused-ring (bicyclic) bond motifs is 1. The number of anilines is 1. The molecule has 0 spiro atoms. The number of hydrogen-bond donors (Lipinski definition) is 1. The average molecular weight is 431 g/mol. The van der Waals surface area contributed by atoms with E-state index >= 15 is 0 Å². The van der Waals surface area contributed by atoms with Crippen LogP contribution in [0.15, 0.2) is 42.6 Å². The van der Waals surface area contributed by atoms with Crippen LogP contribution in [0, 0.1) is 13.8 Å². The van der Waals surface area contributed by atoms with Crippen molar-refractivity contribution in [3.05, 3.63) is 64.8 Å². The molecule has 5 nitrogen and oxygen atoms in total. The number of piperidine rings is 1. The van der Waals surface area contributed by atoms with E-state index in [0.29, 0.717) is 6.04 Å². The molecular formula is C27H34N4O. The summed E-state index contributed by atoms with van der Waals surface area (Å²) in [5.41, 5.74) is 14.6. The van der Waals surface area contributed by atoms with Gasteiger partial charge in [-0.15, -0.1) is 0 Å². The summed E-state index contributed by atoms with van der Waals surface area (Å²) in [6.45, 7) is 11.6. The lowest BCUT2D eigenvalue weighted by Gasteiger charge is -2.33. The van der Waals surface area contributed by atoms with Crippen LogP contribution >= 0.6 is 0 Å². The molecule has 1 saturated heterocycles. The molecule has 0 bridgehead atoms. The first-order chi connectivity index (χ1) is 15.3. The first-order valence-corrected chi connectivity index (χ1v) is 11.7. The van der Waals surface area contributed by atoms with E-state index in [9.17, 15) is 0 Å². The number of nitrogens with two attached hydrogens (primary N) is 1. The van der Waals surface area contributed by atoms with Crippen LogP contribution in [0.1, 0.15) is 55.0 Å². The monoisotopic (exact) mass is 430 g/mol. The number of rotatable bonds is 4. The van der Waals surface area contributed by atoms with Gasteiger partial charge >= 0.3 is 0 Å². The molecule has 1 aromatic heterocycles. The zero-order valence-corrected chi connectivity index (χ0v) is 19.7. The van der Waals surface area contributed by atoms with Gasteiger partial charge in [-0.1, -0.05) is 30.3 Å². The highest BCUT2D eigenvalue weighted by atomic mass is 16.5. The number of nitrogens with zero attached hydrogens (tertiary/aromatic N) is 3. The van der Waals surface area contributed by atoms with Gasteiger partial charge in [-0.25, -0.2) is 0 Å². The van der Waals surface area contributed by atoms with Crippen molar-refractivity contribution in [3.8, 4) is 17.0 Å². The fraction of sp³-hybridized carbons (Fsp3) is 0.444. The topological polar surface area (TPSA) is 56.3 Å². The van der Waals surface area contributed by atoms with Gasteiger partial charge in [0.1, 0.15) is 11.4 Å². The quantitative estimate of drug-likeness (QED) is 0.571. The molecule has 2 aromatic carbocycles. The van der Waals surface area contributed by atoms with E-state index in [1.807, 2.05) is 6.07 Å². The second kappa shape index (κ2) is 7.96. The van der Waals surface area contributed by atoms with Gasteiger partial charge in [0.15, 0.2) is 0 Å². The lowest BCUT2D eigenvalue weighted by Crippen LogP contribution is -2.35. The molecule has 168 valence electrons. The van der Waals surface area contributed by atoms with Crippen molar-refractivity contribution >= 4 is 5.69 Å². The molecule has 0 unspecified atom stereocenters. The molecule has 2 N–H and O–H groups in total. The highest BCUT2D eigenvalue weighted by Crippen LogP contribution is 2.44. The molecule has 0 amide bonds. The SMILES string of the molecule is Cc1c(C)c2c(c(CN3CCC(n4ccc(-c5ccccc5)n4)CC3)c1N)CC(C)(C)O2. The maximum absolute atomic E-state index is 6.64. The molecule has 32 heavy (non-hydrogen) atoms. The Bertz CT molecular complexity index is 1120. The van der Waals surface area contributed by atoms with Crippen LogP contribution in [-0.4, -0.2) is 33.4 Å². The van der Waals surface area contributed by atoms with Gasteiger partial charge in [-0.2, -0.15) is 5.10 Å². The van der Waals surface area contributed by atoms with Gasteiger partial charge in [0.2, 0.25) is 0 Å². The summed E-state index contributed by atoms with van der Waals surface area (Å²) in [6, 6.07) is 13.0. The van der Waals surface area contributed by atoms with E-state index in [4.69, 9.17) is 15.6 Å². The van der Waals surface area contributed by atoms with E-state index in [-0.39, 0.29) is 5.60 Å². The van der Waals surface area contributed by atoms with E-state index in [1.54, 1.807) is 0 Å². The Hall–Kier alpha value is -2.79. The lowest BCUT2D eigenvalue weighted by molar-refractivity contribution is 0.137. The maximum Gasteiger partial charge on any atom is 0.127 e. The Balaban J connectivity index is 1.29. The van der Waals surface area contributed by atoms with Crippen molar-refractivity contribution < 1.29 is 4.74 Å². The molecule has 5 heteroatoms. The number of ether oxygens (including phenoxy) is 1. The molecule has 2 aliphatic heterocycles. The second-order valence-electron chi connectivity index (χ2n) is 10.0. The van der Waals surface area contributed by atoms with Crippen molar-refractivity contribution in [2.75, 3.05) is 18.8 Å². The highest BCUT2D eigenvalue weighted by molar-refractivity contribution is 5.67. The number of likely N-dealkylation sites (tertiary alicyclic amines) is 1. The number of benzene rings is 2. The first-order valence-electron chi connectivity index (χ1n) is 11.7. The number of aromatic nitrogens is 2. The number of nitrogen functional groups attached to an aromatic ring is 1. The molecule has 0 saturated carbocycles. The Morgan fingerprint density at radius 3 is 2.50 bits per heavy atom. The lowest BCUT2D eigenvalue weighted by atomic mass is 9.91. The van der Waals surface area contributed by atoms with Gasteiger partial charge in [0, 0.05) is 49.1 Å². The van der Waals surface area contributed by atoms with Crippen molar-refractivity contribution in [1.82, 2.24) is 14.7 Å². The van der Waals surface area contributed by atoms with Crippen LogP contribution < -0.4 is 10.5 Å². The van der Waals surface area contributed by atoms with Gasteiger partial charge in [-0.3, -0.25) is 9.58 Å². The Kier molecular flexibility index (Phi) is 5.25. The largest absolute Gasteiger partial charge is 0.487 e. The van der Waals surface area contributed by atoms with Crippen molar-refractivity contribution in [2.24, 2.45) is 0 Å². The molecule has 3 aromatic rings. The molecule has 3 heterocycles. The van der Waals surface area contributed by atoms with Crippen LogP contribution in [0.3, 0.4) is 0 Å². The Labute approximate surface area is 191 Å². The standard InChI is InChI=1S/C27H34N4O/c1-18-19(2)26-22(16-27(3,4)32-26)23(25(18)28)17-30-13-10-21(11-14-30)31-15-12-24(29-31)20-8-6-5-7-9-20/h5-9,12,15,21H,10-11,13-14,16-17,28H2,1-4H3. The molecule has 0 radical (unpaired) electrons. The zero-order valence-electron chi connectivity index (χ0n) is 19.7. The average Bonchev–Trinajstić information content (AvgIpc) is 3.41. The van der Waals surface area contributed by atoms with Crippen LogP contribution in [0.25, 0.3) is 11.3 Å². The molecular weight excluding hydrogens is 396 g/mol. The van der Waals surface area contributed by atoms with Gasteiger partial charge in [0.25, 0.3) is 0 Å². The third kappa shape index (κ3) is 3.79. The summed E-state index contributed by atoms with van der Waals surface area (Å²) in [4.78, 5) is 2.55. The van der Waals surface area contributed by atoms with Gasteiger partial charge in [-0.05, 0) is 63.3 Å². The minimum absolute atomic E-state index is 0.161. The predicted octanol–water partition coefficient (Wildman–Crippen LogP) is 5.30. The predicted molar refractivity (Wildman–Crippen MR) is 130 cm³/mol. The fourth-order valence-corrected chi connectivity index (χ4v) is 5.24. The maximum atomic E-state index is 6.64.